The Morgan fingerprint density at radius 3 is 2.27 bits per heavy atom. The van der Waals surface area contributed by atoms with E-state index in [1.54, 1.807) is 39.0 Å². The van der Waals surface area contributed by atoms with Crippen LogP contribution < -0.4 is 20.1 Å². The van der Waals surface area contributed by atoms with E-state index in [1.807, 2.05) is 11.6 Å². The Labute approximate surface area is 346 Å². The summed E-state index contributed by atoms with van der Waals surface area (Å²) in [5, 5.41) is 5.10. The third kappa shape index (κ3) is 8.35. The normalized spacial score (nSPS) is 33.0. The Morgan fingerprint density at radius 1 is 0.983 bits per heavy atom. The summed E-state index contributed by atoms with van der Waals surface area (Å²) in [6.45, 7) is 9.54. The topological polar surface area (TPSA) is 186 Å². The largest absolute Gasteiger partial charge is 0.471 e. The van der Waals surface area contributed by atoms with Crippen molar-refractivity contribution in [2.45, 2.75) is 146 Å². The van der Waals surface area contributed by atoms with Gasteiger partial charge in [0, 0.05) is 12.3 Å². The summed E-state index contributed by atoms with van der Waals surface area (Å²) < 4.78 is 100. The van der Waals surface area contributed by atoms with E-state index >= 15 is 8.78 Å². The van der Waals surface area contributed by atoms with E-state index in [1.165, 1.54) is 19.9 Å². The number of sulfonamides is 1. The van der Waals surface area contributed by atoms with Crippen LogP contribution in [0.1, 0.15) is 105 Å². The van der Waals surface area contributed by atoms with Crippen LogP contribution >= 0.6 is 0 Å². The number of carbonyl (C=O) groups excluding carboxylic acids is 4. The Hall–Kier alpha value is -4.29. The van der Waals surface area contributed by atoms with Crippen LogP contribution in [0.25, 0.3) is 11.0 Å². The van der Waals surface area contributed by atoms with Crippen molar-refractivity contribution < 1.29 is 54.6 Å². The summed E-state index contributed by atoms with van der Waals surface area (Å²) in [5.41, 5.74) is -3.64. The van der Waals surface area contributed by atoms with Gasteiger partial charge in [0.15, 0.2) is 5.69 Å². The molecule has 2 bridgehead atoms. The molecule has 2 aliphatic heterocycles. The molecule has 5 aliphatic rings. The molecule has 19 heteroatoms. The lowest BCUT2D eigenvalue weighted by molar-refractivity contribution is -0.143. The van der Waals surface area contributed by atoms with Crippen LogP contribution in [0, 0.1) is 29.1 Å². The van der Waals surface area contributed by atoms with Gasteiger partial charge in [-0.25, -0.2) is 32.0 Å². The minimum absolute atomic E-state index is 0.108. The number of rotatable bonds is 6. The summed E-state index contributed by atoms with van der Waals surface area (Å²) in [5.74, 6) is -10.0. The number of aromatic nitrogens is 2. The molecule has 3 N–H and O–H groups in total. The zero-order chi connectivity index (χ0) is 43.7. The molecule has 330 valence electrons. The van der Waals surface area contributed by atoms with Crippen LogP contribution in [-0.2, 0) is 35.1 Å². The Balaban J connectivity index is 1.28. The molecule has 0 spiro atoms. The number of ether oxygens (including phenoxy) is 2. The van der Waals surface area contributed by atoms with Gasteiger partial charge in [-0.3, -0.25) is 19.1 Å². The van der Waals surface area contributed by atoms with Gasteiger partial charge >= 0.3 is 6.09 Å². The smallest absolute Gasteiger partial charge is 0.408 e. The van der Waals surface area contributed by atoms with Crippen LogP contribution in [0.15, 0.2) is 24.3 Å². The number of nitrogens with one attached hydrogen (secondary N) is 3. The summed E-state index contributed by atoms with van der Waals surface area (Å²) in [6, 6.07) is 3.47. The van der Waals surface area contributed by atoms with Crippen LogP contribution in [0.4, 0.5) is 22.4 Å². The summed E-state index contributed by atoms with van der Waals surface area (Å²) in [6.07, 6.45) is -4.17. The van der Waals surface area contributed by atoms with Crippen molar-refractivity contribution in [3.8, 4) is 5.88 Å². The fourth-order valence-corrected chi connectivity index (χ4v) is 10.4. The van der Waals surface area contributed by atoms with Crippen molar-refractivity contribution in [1.82, 2.24) is 30.2 Å². The standard InChI is InChI=1S/C41H54F4N6O8S/c1-21-17-23-11-9-10-14-41(44,45)30-34(47-26-13-8-7-12-25(26)46-30)58-28-20-51(35(53)31(38(3,4)5)48-37(55)59-27(23)18-21)29(22(28)2)33(52)49-40(19-24(40)32(42)43)36(54)50-60(56,57)39(6)15-16-39/h7-8,12-13,21-24,27-29,31-32H,9-11,14-20H2,1-6H3,(H,48,55)(H,49,52)(H,50,54)/t21-,22-,23-,24+,27-,28+,29+,31-,40-/m1/s1. The van der Waals surface area contributed by atoms with Gasteiger partial charge in [0.1, 0.15) is 29.8 Å². The quantitative estimate of drug-likeness (QED) is 0.310. The van der Waals surface area contributed by atoms with Gasteiger partial charge in [-0.2, -0.15) is 8.78 Å². The molecule has 7 rings (SSSR count). The number of hydrogen-bond acceptors (Lipinski definition) is 10. The van der Waals surface area contributed by atoms with Crippen molar-refractivity contribution >= 4 is 44.9 Å². The number of amides is 4. The summed E-state index contributed by atoms with van der Waals surface area (Å²) in [7, 11) is -4.30. The first-order chi connectivity index (χ1) is 28.0. The molecule has 14 nitrogen and oxygen atoms in total. The van der Waals surface area contributed by atoms with Gasteiger partial charge in [0.25, 0.3) is 11.8 Å². The van der Waals surface area contributed by atoms with Crippen LogP contribution in [0.5, 0.6) is 5.88 Å². The van der Waals surface area contributed by atoms with E-state index in [2.05, 4.69) is 20.6 Å². The highest BCUT2D eigenvalue weighted by Crippen LogP contribution is 2.50. The number of alkyl carbamates (subject to hydrolysis) is 1. The summed E-state index contributed by atoms with van der Waals surface area (Å²) in [4.78, 5) is 66.5. The van der Waals surface area contributed by atoms with Crippen LogP contribution in [0.2, 0.25) is 0 Å². The molecule has 3 aliphatic carbocycles. The number of para-hydroxylation sites is 2. The van der Waals surface area contributed by atoms with Crippen molar-refractivity contribution in [2.24, 2.45) is 29.1 Å². The number of nitrogens with zero attached hydrogens (tertiary/aromatic N) is 3. The fourth-order valence-electron chi connectivity index (χ4n) is 9.07. The third-order valence-electron chi connectivity index (χ3n) is 13.2. The highest BCUT2D eigenvalue weighted by Gasteiger charge is 2.67. The number of halogens is 4. The summed E-state index contributed by atoms with van der Waals surface area (Å²) >= 11 is 0. The molecule has 1 aromatic heterocycles. The second-order valence-corrected chi connectivity index (χ2v) is 21.2. The average Bonchev–Trinajstić information content (AvgIpc) is 4.03. The highest BCUT2D eigenvalue weighted by atomic mass is 32.2. The van der Waals surface area contributed by atoms with E-state index in [4.69, 9.17) is 9.47 Å². The number of carbonyl (C=O) groups is 4. The second kappa shape index (κ2) is 15.6. The lowest BCUT2D eigenvalue weighted by atomic mass is 9.85. The molecule has 4 amide bonds. The highest BCUT2D eigenvalue weighted by molar-refractivity contribution is 7.91. The van der Waals surface area contributed by atoms with Crippen molar-refractivity contribution in [3.05, 3.63) is 30.0 Å². The first kappa shape index (κ1) is 43.8. The van der Waals surface area contributed by atoms with Crippen molar-refractivity contribution in [1.29, 1.82) is 0 Å². The maximum atomic E-state index is 16.4. The number of fused-ring (bicyclic) bond motifs is 5. The number of alkyl halides is 4. The molecular weight excluding hydrogens is 813 g/mol. The Kier molecular flexibility index (Phi) is 11.4. The predicted molar refractivity (Wildman–Crippen MR) is 209 cm³/mol. The lowest BCUT2D eigenvalue weighted by Gasteiger charge is -2.36. The van der Waals surface area contributed by atoms with Gasteiger partial charge in [0.2, 0.25) is 34.1 Å². The second-order valence-electron chi connectivity index (χ2n) is 19.0. The third-order valence-corrected chi connectivity index (χ3v) is 15.4. The molecule has 1 saturated heterocycles. The lowest BCUT2D eigenvalue weighted by Crippen LogP contribution is -2.61. The predicted octanol–water partition coefficient (Wildman–Crippen LogP) is 5.58. The van der Waals surface area contributed by atoms with Gasteiger partial charge < -0.3 is 25.0 Å². The maximum absolute atomic E-state index is 16.4. The molecule has 4 fully saturated rings. The van der Waals surface area contributed by atoms with Crippen molar-refractivity contribution in [3.63, 3.8) is 0 Å². The molecule has 2 aromatic rings. The Bertz CT molecular complexity index is 2150. The molecule has 1 aromatic carbocycles. The van der Waals surface area contributed by atoms with E-state index in [-0.39, 0.29) is 42.1 Å². The molecule has 3 heterocycles. The molecular formula is C41H54F4N6O8S. The van der Waals surface area contributed by atoms with Crippen molar-refractivity contribution in [2.75, 3.05) is 6.54 Å². The molecule has 9 atom stereocenters. The van der Waals surface area contributed by atoms with Crippen LogP contribution in [-0.4, -0.2) is 94.6 Å². The molecule has 3 saturated carbocycles. The van der Waals surface area contributed by atoms with E-state index in [0.717, 1.165) is 4.90 Å². The average molecular weight is 867 g/mol. The SMILES string of the molecule is C[C@@H]1C[C@H]2CCCCC(F)(F)c3nc4ccccc4nc3O[C@H]3CN(C(=O)[C@H](C(C)(C)C)NC(=O)O[C@@H]2C1)[C@H](C(=O)N[C@]1(C(=O)NS(=O)(=O)C2(C)CC2)C[C@H]1C(F)F)[C@@H]3C. The molecule has 60 heavy (non-hydrogen) atoms. The first-order valence-corrected chi connectivity index (χ1v) is 22.2. The number of hydrogen-bond donors (Lipinski definition) is 3. The molecule has 0 unspecified atom stereocenters. The molecule has 0 radical (unpaired) electrons. The van der Waals surface area contributed by atoms with Crippen LogP contribution in [0.3, 0.4) is 0 Å². The van der Waals surface area contributed by atoms with Gasteiger partial charge in [-0.15, -0.1) is 0 Å². The number of benzene rings is 1. The zero-order valence-corrected chi connectivity index (χ0v) is 35.4. The van der Waals surface area contributed by atoms with E-state index in [0.29, 0.717) is 25.7 Å². The minimum atomic E-state index is -4.30. The van der Waals surface area contributed by atoms with E-state index < -0.39 is 129 Å². The van der Waals surface area contributed by atoms with Gasteiger partial charge in [0.05, 0.1) is 28.2 Å². The van der Waals surface area contributed by atoms with E-state index in [9.17, 15) is 36.4 Å². The Morgan fingerprint density at radius 2 is 1.65 bits per heavy atom. The van der Waals surface area contributed by atoms with Gasteiger partial charge in [-0.05, 0) is 81.3 Å². The minimum Gasteiger partial charge on any atom is -0.471 e. The zero-order valence-electron chi connectivity index (χ0n) is 34.6. The first-order valence-electron chi connectivity index (χ1n) is 20.7. The monoisotopic (exact) mass is 866 g/mol. The van der Waals surface area contributed by atoms with Gasteiger partial charge in [-0.1, -0.05) is 53.2 Å². The maximum Gasteiger partial charge on any atom is 0.408 e. The fraction of sp³-hybridized carbons (Fsp3) is 0.707.